The van der Waals surface area contributed by atoms with Crippen molar-refractivity contribution in [1.29, 1.82) is 0 Å². The van der Waals surface area contributed by atoms with Crippen molar-refractivity contribution in [2.45, 2.75) is 110 Å². The third kappa shape index (κ3) is 12.1. The van der Waals surface area contributed by atoms with E-state index in [0.29, 0.717) is 0 Å². The second kappa shape index (κ2) is 22.2. The highest BCUT2D eigenvalue weighted by Crippen LogP contribution is 2.41. The van der Waals surface area contributed by atoms with Crippen LogP contribution < -0.4 is 19.6 Å². The molecule has 2 saturated heterocycles. The highest BCUT2D eigenvalue weighted by atomic mass is 16.8. The Balaban J connectivity index is 1.34. The molecule has 0 unspecified atom stereocenters. The number of carbonyl (C=O) groups is 5. The van der Waals surface area contributed by atoms with Gasteiger partial charge in [0, 0.05) is 52.3 Å². The molecule has 0 spiro atoms. The average molecular weight is 971 g/mol. The lowest BCUT2D eigenvalue weighted by atomic mass is 9.98. The first-order valence-electron chi connectivity index (χ1n) is 21.9. The quantitative estimate of drug-likeness (QED) is 0.0907. The van der Waals surface area contributed by atoms with E-state index in [4.69, 9.17) is 56.5 Å². The van der Waals surface area contributed by atoms with Gasteiger partial charge in [0.1, 0.15) is 35.7 Å². The van der Waals surface area contributed by atoms with Gasteiger partial charge in [0.15, 0.2) is 60.2 Å². The van der Waals surface area contributed by atoms with Crippen LogP contribution in [0.3, 0.4) is 0 Å². The first-order chi connectivity index (χ1) is 33.4. The fraction of sp³-hybridized carbons (Fsp3) is 0.360. The van der Waals surface area contributed by atoms with Gasteiger partial charge in [-0.3, -0.25) is 28.8 Å². The topological polar surface area (TPSA) is 258 Å². The summed E-state index contributed by atoms with van der Waals surface area (Å²) in [6.45, 7) is 6.48. The number of benzene rings is 4. The van der Waals surface area contributed by atoms with Gasteiger partial charge in [0.25, 0.3) is 0 Å². The third-order valence-corrected chi connectivity index (χ3v) is 10.8. The summed E-state index contributed by atoms with van der Waals surface area (Å²) in [5.41, 5.74) is 0.537. The van der Waals surface area contributed by atoms with Crippen molar-refractivity contribution in [3.8, 4) is 40.1 Å². The number of rotatable bonds is 16. The fourth-order valence-electron chi connectivity index (χ4n) is 7.88. The third-order valence-electron chi connectivity index (χ3n) is 10.8. The maximum Gasteiger partial charge on any atom is 0.303 e. The predicted molar refractivity (Wildman–Crippen MR) is 240 cm³/mol. The standard InChI is InChI=1S/C50H50O20/c1-25-42(64-27(3)52)46(66-29(5)54)48(67-30(6)55)50(62-25)70-47-44(65-28(4)53)39(63-26(2)51)24-61-49(47)69-45-41(58)40-36(57)20-34(59-22-31-13-9-7-10-14-31)21-38(40)68-43(45)33-17-18-37(35(56)19-33)60-23-32-15-11-8-12-16-32/h7-21,25,39,42,44,46-50,56-57H,22-24H2,1-6H3/t25-,39-,42-,44-,46+,47+,48+,49-,50-/m0/s1. The van der Waals surface area contributed by atoms with Crippen molar-refractivity contribution in [2.75, 3.05) is 6.61 Å². The molecule has 2 fully saturated rings. The summed E-state index contributed by atoms with van der Waals surface area (Å²) in [6, 6.07) is 25.1. The van der Waals surface area contributed by atoms with Crippen LogP contribution in [0.5, 0.6) is 28.7 Å². The zero-order valence-corrected chi connectivity index (χ0v) is 38.7. The fourth-order valence-corrected chi connectivity index (χ4v) is 7.88. The molecule has 2 aliphatic rings. The van der Waals surface area contributed by atoms with Crippen molar-refractivity contribution < 1.29 is 90.7 Å². The summed E-state index contributed by atoms with van der Waals surface area (Å²) >= 11 is 0. The first-order valence-corrected chi connectivity index (χ1v) is 21.9. The second-order valence-electron chi connectivity index (χ2n) is 16.2. The minimum atomic E-state index is -1.86. The summed E-state index contributed by atoms with van der Waals surface area (Å²) in [7, 11) is 0. The number of hydrogen-bond donors (Lipinski definition) is 2. The number of phenols is 2. The van der Waals surface area contributed by atoms with E-state index >= 15 is 0 Å². The van der Waals surface area contributed by atoms with Gasteiger partial charge in [-0.15, -0.1) is 0 Å². The largest absolute Gasteiger partial charge is 0.507 e. The monoisotopic (exact) mass is 970 g/mol. The molecule has 3 heterocycles. The summed E-state index contributed by atoms with van der Waals surface area (Å²) in [5.74, 6) is -5.98. The van der Waals surface area contributed by atoms with Crippen LogP contribution in [0.4, 0.5) is 0 Å². The zero-order chi connectivity index (χ0) is 50.2. The smallest absolute Gasteiger partial charge is 0.303 e. The molecule has 0 bridgehead atoms. The van der Waals surface area contributed by atoms with Crippen LogP contribution in [0.25, 0.3) is 22.3 Å². The van der Waals surface area contributed by atoms with Crippen LogP contribution >= 0.6 is 0 Å². The van der Waals surface area contributed by atoms with Crippen molar-refractivity contribution in [3.05, 3.63) is 112 Å². The molecule has 20 nitrogen and oxygen atoms in total. The highest BCUT2D eigenvalue weighted by Gasteiger charge is 2.55. The summed E-state index contributed by atoms with van der Waals surface area (Å²) in [4.78, 5) is 77.4. The lowest BCUT2D eigenvalue weighted by Crippen LogP contribution is -2.65. The van der Waals surface area contributed by atoms with Gasteiger partial charge in [-0.25, -0.2) is 0 Å². The number of fused-ring (bicyclic) bond motifs is 1. The molecular weight excluding hydrogens is 921 g/mol. The maximum atomic E-state index is 14.9. The predicted octanol–water partition coefficient (Wildman–Crippen LogP) is 5.55. The Morgan fingerprint density at radius 2 is 1.19 bits per heavy atom. The molecule has 370 valence electrons. The van der Waals surface area contributed by atoms with Crippen LogP contribution in [-0.4, -0.2) is 102 Å². The Morgan fingerprint density at radius 3 is 1.79 bits per heavy atom. The van der Waals surface area contributed by atoms with Crippen LogP contribution in [0, 0.1) is 0 Å². The summed E-state index contributed by atoms with van der Waals surface area (Å²) < 4.78 is 71.1. The lowest BCUT2D eigenvalue weighted by Gasteiger charge is -2.46. The number of aromatic hydroxyl groups is 2. The molecule has 5 aromatic rings. The SMILES string of the molecule is CC(=O)O[C@@H]1[C@@H](OC(C)=O)[C@H](C)O[C@@H](O[C@H]2[C@H](Oc3c(-c4ccc(OCc5ccccc5)c(O)c4)oc4cc(OCc5ccccc5)cc(O)c4c3=O)OC[C@H](OC(C)=O)[C@@H]2OC(C)=O)[C@@H]1OC(C)=O. The van der Waals surface area contributed by atoms with Crippen molar-refractivity contribution >= 4 is 40.8 Å². The zero-order valence-electron chi connectivity index (χ0n) is 38.7. The summed E-state index contributed by atoms with van der Waals surface area (Å²) in [6.07, 6.45) is -14.2. The van der Waals surface area contributed by atoms with Crippen LogP contribution in [0.2, 0.25) is 0 Å². The van der Waals surface area contributed by atoms with Gasteiger partial charge in [-0.2, -0.15) is 0 Å². The maximum absolute atomic E-state index is 14.9. The van der Waals surface area contributed by atoms with Crippen LogP contribution in [0.1, 0.15) is 52.7 Å². The Kier molecular flexibility index (Phi) is 15.9. The second-order valence-corrected chi connectivity index (χ2v) is 16.2. The van der Waals surface area contributed by atoms with Crippen molar-refractivity contribution in [3.63, 3.8) is 0 Å². The van der Waals surface area contributed by atoms with Gasteiger partial charge in [0.2, 0.25) is 17.5 Å². The molecule has 0 aliphatic carbocycles. The molecule has 9 atom stereocenters. The van der Waals surface area contributed by atoms with E-state index in [1.54, 1.807) is 0 Å². The lowest BCUT2D eigenvalue weighted by molar-refractivity contribution is -0.347. The Bertz CT molecular complexity index is 2760. The Morgan fingerprint density at radius 1 is 0.614 bits per heavy atom. The molecule has 2 aliphatic heterocycles. The molecule has 20 heteroatoms. The molecule has 70 heavy (non-hydrogen) atoms. The molecule has 0 amide bonds. The number of phenolic OH excluding ortho intramolecular Hbond substituents is 2. The molecule has 0 saturated carbocycles. The van der Waals surface area contributed by atoms with E-state index in [0.717, 1.165) is 45.7 Å². The number of hydrogen-bond acceptors (Lipinski definition) is 20. The molecule has 4 aromatic carbocycles. The van der Waals surface area contributed by atoms with Crippen molar-refractivity contribution in [2.24, 2.45) is 0 Å². The Labute approximate surface area is 399 Å². The van der Waals surface area contributed by atoms with E-state index in [2.05, 4.69) is 0 Å². The Hall–Kier alpha value is -7.68. The normalized spacial score (nSPS) is 23.0. The highest BCUT2D eigenvalue weighted by molar-refractivity contribution is 5.88. The van der Waals surface area contributed by atoms with Gasteiger partial charge < -0.3 is 66.7 Å². The van der Waals surface area contributed by atoms with E-state index in [1.165, 1.54) is 37.3 Å². The van der Waals surface area contributed by atoms with Gasteiger partial charge in [0.05, 0.1) is 12.7 Å². The molecule has 2 N–H and O–H groups in total. The molecular formula is C50H50O20. The van der Waals surface area contributed by atoms with E-state index in [1.807, 2.05) is 60.7 Å². The molecule has 0 radical (unpaired) electrons. The van der Waals surface area contributed by atoms with Crippen LogP contribution in [0.15, 0.2) is 100 Å². The molecule has 7 rings (SSSR count). The van der Waals surface area contributed by atoms with E-state index < -0.39 is 109 Å². The van der Waals surface area contributed by atoms with Crippen LogP contribution in [-0.2, 0) is 75.1 Å². The number of carbonyl (C=O) groups excluding carboxylic acids is 5. The van der Waals surface area contributed by atoms with Gasteiger partial charge in [-0.1, -0.05) is 60.7 Å². The van der Waals surface area contributed by atoms with Gasteiger partial charge >= 0.3 is 29.8 Å². The number of ether oxygens (including phenoxy) is 11. The number of esters is 5. The minimum Gasteiger partial charge on any atom is -0.507 e. The van der Waals surface area contributed by atoms with Crippen molar-refractivity contribution in [1.82, 2.24) is 0 Å². The van der Waals surface area contributed by atoms with E-state index in [-0.39, 0.29) is 52.8 Å². The first kappa shape index (κ1) is 50.2. The minimum absolute atomic E-state index is 0.0522. The van der Waals surface area contributed by atoms with Gasteiger partial charge in [-0.05, 0) is 36.2 Å². The average Bonchev–Trinajstić information content (AvgIpc) is 3.30. The summed E-state index contributed by atoms with van der Waals surface area (Å²) in [5, 5.41) is 22.4. The van der Waals surface area contributed by atoms with E-state index in [9.17, 15) is 39.0 Å². The molecule has 1 aromatic heterocycles.